The van der Waals surface area contributed by atoms with E-state index in [1.54, 1.807) is 12.1 Å². The molecule has 1 heterocycles. The fourth-order valence-corrected chi connectivity index (χ4v) is 2.72. The second-order valence-corrected chi connectivity index (χ2v) is 5.68. The number of rotatable bonds is 4. The molecule has 5 atom stereocenters. The maximum absolute atomic E-state index is 10.1. The van der Waals surface area contributed by atoms with Crippen LogP contribution in [0.2, 0.25) is 0 Å². The molecule has 1 fully saturated rings. The average Bonchev–Trinajstić information content (AvgIpc) is 2.63. The van der Waals surface area contributed by atoms with Crippen LogP contribution in [0.5, 0.6) is 5.75 Å². The van der Waals surface area contributed by atoms with Crippen molar-refractivity contribution >= 4 is 0 Å². The summed E-state index contributed by atoms with van der Waals surface area (Å²) in [5, 5.41) is 39.0. The van der Waals surface area contributed by atoms with Crippen molar-refractivity contribution in [1.82, 2.24) is 0 Å². The maximum Gasteiger partial charge on any atom is 0.229 e. The zero-order valence-corrected chi connectivity index (χ0v) is 12.9. The summed E-state index contributed by atoms with van der Waals surface area (Å²) in [5.74, 6) is 0.466. The molecule has 1 saturated heterocycles. The van der Waals surface area contributed by atoms with Crippen molar-refractivity contribution < 1.29 is 29.9 Å². The predicted molar refractivity (Wildman–Crippen MR) is 86.3 cm³/mol. The van der Waals surface area contributed by atoms with Crippen LogP contribution in [0.25, 0.3) is 11.1 Å². The van der Waals surface area contributed by atoms with E-state index in [9.17, 15) is 20.4 Å². The second kappa shape index (κ2) is 7.29. The Balaban J connectivity index is 1.86. The molecule has 0 radical (unpaired) electrons. The molecule has 5 unspecified atom stereocenters. The summed E-state index contributed by atoms with van der Waals surface area (Å²) in [6.07, 6.45) is -6.52. The number of hydrogen-bond donors (Lipinski definition) is 4. The Morgan fingerprint density at radius 1 is 0.833 bits per heavy atom. The highest BCUT2D eigenvalue weighted by Gasteiger charge is 2.44. The highest BCUT2D eigenvalue weighted by atomic mass is 16.7. The lowest BCUT2D eigenvalue weighted by Gasteiger charge is -2.39. The number of aliphatic hydroxyl groups excluding tert-OH is 4. The SMILES string of the molecule is OCC1OC(Oc2ccccc2-c2ccccc2)C(O)C(O)C1O. The molecular formula is C18H20O6. The first kappa shape index (κ1) is 16.9. The Morgan fingerprint density at radius 3 is 2.21 bits per heavy atom. The summed E-state index contributed by atoms with van der Waals surface area (Å²) in [6, 6.07) is 16.8. The van der Waals surface area contributed by atoms with Crippen molar-refractivity contribution in [3.8, 4) is 16.9 Å². The van der Waals surface area contributed by atoms with Crippen molar-refractivity contribution in [2.75, 3.05) is 6.61 Å². The van der Waals surface area contributed by atoms with Gasteiger partial charge in [-0.15, -0.1) is 0 Å². The van der Waals surface area contributed by atoms with Crippen molar-refractivity contribution in [2.24, 2.45) is 0 Å². The molecule has 1 aliphatic heterocycles. The predicted octanol–water partition coefficient (Wildman–Crippen LogP) is 0.532. The van der Waals surface area contributed by atoms with Gasteiger partial charge in [0.15, 0.2) is 0 Å². The van der Waals surface area contributed by atoms with Gasteiger partial charge in [-0.05, 0) is 11.6 Å². The van der Waals surface area contributed by atoms with Crippen molar-refractivity contribution in [2.45, 2.75) is 30.7 Å². The van der Waals surface area contributed by atoms with E-state index in [1.165, 1.54) is 0 Å². The van der Waals surface area contributed by atoms with Gasteiger partial charge in [-0.3, -0.25) is 0 Å². The van der Waals surface area contributed by atoms with Crippen LogP contribution in [0.3, 0.4) is 0 Å². The molecule has 0 saturated carbocycles. The van der Waals surface area contributed by atoms with E-state index in [4.69, 9.17) is 9.47 Å². The van der Waals surface area contributed by atoms with Gasteiger partial charge in [0.2, 0.25) is 6.29 Å². The van der Waals surface area contributed by atoms with E-state index in [2.05, 4.69) is 0 Å². The summed E-state index contributed by atoms with van der Waals surface area (Å²) in [7, 11) is 0. The summed E-state index contributed by atoms with van der Waals surface area (Å²) in [5.41, 5.74) is 1.73. The quantitative estimate of drug-likeness (QED) is 0.652. The summed E-state index contributed by atoms with van der Waals surface area (Å²) in [4.78, 5) is 0. The lowest BCUT2D eigenvalue weighted by molar-refractivity contribution is -0.277. The molecule has 0 amide bonds. The van der Waals surface area contributed by atoms with Crippen molar-refractivity contribution in [3.05, 3.63) is 54.6 Å². The van der Waals surface area contributed by atoms with E-state index >= 15 is 0 Å². The minimum Gasteiger partial charge on any atom is -0.461 e. The largest absolute Gasteiger partial charge is 0.461 e. The summed E-state index contributed by atoms with van der Waals surface area (Å²) in [6.45, 7) is -0.495. The van der Waals surface area contributed by atoms with Crippen LogP contribution in [0.4, 0.5) is 0 Å². The Labute approximate surface area is 139 Å². The number of hydrogen-bond acceptors (Lipinski definition) is 6. The van der Waals surface area contributed by atoms with Crippen LogP contribution in [-0.4, -0.2) is 57.7 Å². The van der Waals surface area contributed by atoms with Gasteiger partial charge in [0.25, 0.3) is 0 Å². The maximum atomic E-state index is 10.1. The van der Waals surface area contributed by atoms with E-state index in [-0.39, 0.29) is 0 Å². The van der Waals surface area contributed by atoms with Crippen molar-refractivity contribution in [1.29, 1.82) is 0 Å². The third-order valence-electron chi connectivity index (χ3n) is 4.06. The molecular weight excluding hydrogens is 312 g/mol. The van der Waals surface area contributed by atoms with Crippen LogP contribution < -0.4 is 4.74 Å². The number of benzene rings is 2. The monoisotopic (exact) mass is 332 g/mol. The molecule has 24 heavy (non-hydrogen) atoms. The van der Waals surface area contributed by atoms with Gasteiger partial charge in [-0.1, -0.05) is 48.5 Å². The highest BCUT2D eigenvalue weighted by Crippen LogP contribution is 2.32. The van der Waals surface area contributed by atoms with Crippen molar-refractivity contribution in [3.63, 3.8) is 0 Å². The Hall–Kier alpha value is -1.96. The lowest BCUT2D eigenvalue weighted by atomic mass is 9.99. The molecule has 4 N–H and O–H groups in total. The number of ether oxygens (including phenoxy) is 2. The summed E-state index contributed by atoms with van der Waals surface area (Å²) >= 11 is 0. The fraction of sp³-hybridized carbons (Fsp3) is 0.333. The Kier molecular flexibility index (Phi) is 5.13. The number of aliphatic hydroxyl groups is 4. The molecule has 0 aliphatic carbocycles. The smallest absolute Gasteiger partial charge is 0.229 e. The molecule has 6 heteroatoms. The first-order valence-corrected chi connectivity index (χ1v) is 7.73. The van der Waals surface area contributed by atoms with Gasteiger partial charge in [0, 0.05) is 5.56 Å². The molecule has 0 aromatic heterocycles. The molecule has 0 bridgehead atoms. The molecule has 3 rings (SSSR count). The first-order valence-electron chi connectivity index (χ1n) is 7.73. The standard InChI is InChI=1S/C18H20O6/c19-10-14-15(20)16(21)17(22)18(24-14)23-13-9-5-4-8-12(13)11-6-2-1-3-7-11/h1-9,14-22H,10H2. The first-order chi connectivity index (χ1) is 11.6. The molecule has 128 valence electrons. The Bertz CT molecular complexity index is 660. The second-order valence-electron chi connectivity index (χ2n) is 5.68. The molecule has 0 spiro atoms. The Morgan fingerprint density at radius 2 is 1.50 bits per heavy atom. The molecule has 2 aromatic carbocycles. The molecule has 2 aromatic rings. The van der Waals surface area contributed by atoms with Gasteiger partial charge in [0.05, 0.1) is 6.61 Å². The minimum atomic E-state index is -1.47. The summed E-state index contributed by atoms with van der Waals surface area (Å²) < 4.78 is 11.1. The third kappa shape index (κ3) is 3.28. The van der Waals surface area contributed by atoms with Gasteiger partial charge in [0.1, 0.15) is 30.2 Å². The van der Waals surface area contributed by atoms with Gasteiger partial charge >= 0.3 is 0 Å². The highest BCUT2D eigenvalue weighted by molar-refractivity contribution is 5.70. The number of para-hydroxylation sites is 1. The zero-order chi connectivity index (χ0) is 17.1. The van der Waals surface area contributed by atoms with Gasteiger partial charge < -0.3 is 29.9 Å². The van der Waals surface area contributed by atoms with E-state index < -0.39 is 37.3 Å². The minimum absolute atomic E-state index is 0.466. The van der Waals surface area contributed by atoms with Gasteiger partial charge in [-0.2, -0.15) is 0 Å². The third-order valence-corrected chi connectivity index (χ3v) is 4.06. The molecule has 1 aliphatic rings. The van der Waals surface area contributed by atoms with E-state index in [0.29, 0.717) is 5.75 Å². The van der Waals surface area contributed by atoms with E-state index in [0.717, 1.165) is 11.1 Å². The fourth-order valence-electron chi connectivity index (χ4n) is 2.72. The van der Waals surface area contributed by atoms with Crippen LogP contribution in [0.15, 0.2) is 54.6 Å². The average molecular weight is 332 g/mol. The van der Waals surface area contributed by atoms with E-state index in [1.807, 2.05) is 42.5 Å². The normalized spacial score (nSPS) is 30.1. The zero-order valence-electron chi connectivity index (χ0n) is 12.9. The van der Waals surface area contributed by atoms with Crippen LogP contribution in [0, 0.1) is 0 Å². The van der Waals surface area contributed by atoms with Crippen LogP contribution >= 0.6 is 0 Å². The van der Waals surface area contributed by atoms with Gasteiger partial charge in [-0.25, -0.2) is 0 Å². The van der Waals surface area contributed by atoms with Crippen LogP contribution in [0.1, 0.15) is 0 Å². The molecule has 6 nitrogen and oxygen atoms in total. The lowest BCUT2D eigenvalue weighted by Crippen LogP contribution is -2.60. The topological polar surface area (TPSA) is 99.4 Å². The van der Waals surface area contributed by atoms with Crippen LogP contribution in [-0.2, 0) is 4.74 Å².